The lowest BCUT2D eigenvalue weighted by Crippen LogP contribution is -2.29. The highest BCUT2D eigenvalue weighted by Gasteiger charge is 2.34. The van der Waals surface area contributed by atoms with Gasteiger partial charge in [0.15, 0.2) is 5.17 Å². The van der Waals surface area contributed by atoms with Gasteiger partial charge in [-0.25, -0.2) is 4.98 Å². The van der Waals surface area contributed by atoms with Gasteiger partial charge in [0.1, 0.15) is 0 Å². The molecule has 1 amide bonds. The molecule has 1 saturated heterocycles. The third-order valence-electron chi connectivity index (χ3n) is 4.34. The number of para-hydroxylation sites is 1. The first-order valence-corrected chi connectivity index (χ1v) is 11.3. The number of benzene rings is 2. The second-order valence-corrected chi connectivity index (χ2v) is 9.02. The fraction of sp³-hybridized carbons (Fsp3) is 0.0455. The van der Waals surface area contributed by atoms with Crippen molar-refractivity contribution >= 4 is 49.8 Å². The Morgan fingerprint density at radius 1 is 1.03 bits per heavy atom. The summed E-state index contributed by atoms with van der Waals surface area (Å²) >= 11 is 1.01. The molecule has 0 aliphatic carbocycles. The van der Waals surface area contributed by atoms with Crippen molar-refractivity contribution in [3.63, 3.8) is 0 Å². The van der Waals surface area contributed by atoms with Gasteiger partial charge in [0.05, 0.1) is 21.0 Å². The van der Waals surface area contributed by atoms with Gasteiger partial charge < -0.3 is 0 Å². The van der Waals surface area contributed by atoms with Crippen LogP contribution in [-0.4, -0.2) is 35.9 Å². The Labute approximate surface area is 178 Å². The molecule has 0 unspecified atom stereocenters. The number of amidine groups is 1. The molecule has 4 rings (SSSR count). The summed E-state index contributed by atoms with van der Waals surface area (Å²) in [6.45, 7) is 3.80. The van der Waals surface area contributed by atoms with Gasteiger partial charge in [-0.15, -0.1) is 11.0 Å². The quantitative estimate of drug-likeness (QED) is 0.446. The number of amides is 1. The van der Waals surface area contributed by atoms with E-state index in [0.717, 1.165) is 22.7 Å². The van der Waals surface area contributed by atoms with Crippen LogP contribution in [0, 0.1) is 0 Å². The van der Waals surface area contributed by atoms with Crippen LogP contribution in [0.5, 0.6) is 0 Å². The van der Waals surface area contributed by atoms with Crippen LogP contribution in [-0.2, 0) is 14.8 Å². The van der Waals surface area contributed by atoms with Crippen LogP contribution < -0.4 is 0 Å². The molecule has 1 aliphatic heterocycles. The minimum absolute atomic E-state index is 0.0673. The second kappa shape index (κ2) is 8.25. The first-order valence-electron chi connectivity index (χ1n) is 9.06. The third-order valence-corrected chi connectivity index (χ3v) is 6.74. The average Bonchev–Trinajstić information content (AvgIpc) is 3.03. The molecular weight excluding hydrogens is 418 g/mol. The van der Waals surface area contributed by atoms with E-state index in [1.54, 1.807) is 24.3 Å². The molecule has 0 bridgehead atoms. The molecule has 0 N–H and O–H groups in total. The van der Waals surface area contributed by atoms with Crippen molar-refractivity contribution in [3.05, 3.63) is 90.0 Å². The van der Waals surface area contributed by atoms with Gasteiger partial charge in [-0.1, -0.05) is 48.5 Å². The monoisotopic (exact) mass is 435 g/mol. The number of sulfonamides is 1. The van der Waals surface area contributed by atoms with E-state index in [-0.39, 0.29) is 22.5 Å². The first kappa shape index (κ1) is 20.1. The number of aromatic nitrogens is 1. The van der Waals surface area contributed by atoms with Gasteiger partial charge in [0.2, 0.25) is 0 Å². The molecule has 3 aromatic rings. The predicted molar refractivity (Wildman–Crippen MR) is 120 cm³/mol. The Hall–Kier alpha value is -3.23. The largest absolute Gasteiger partial charge is 0.284 e. The lowest BCUT2D eigenvalue weighted by molar-refractivity contribution is -0.121. The van der Waals surface area contributed by atoms with Crippen LogP contribution in [0.4, 0.5) is 0 Å². The summed E-state index contributed by atoms with van der Waals surface area (Å²) in [6, 6.07) is 19.3. The van der Waals surface area contributed by atoms with E-state index in [1.165, 1.54) is 23.1 Å². The zero-order chi connectivity index (χ0) is 21.1. The number of hydrogen-bond acceptors (Lipinski definition) is 5. The summed E-state index contributed by atoms with van der Waals surface area (Å²) in [5, 5.41) is 1.09. The summed E-state index contributed by atoms with van der Waals surface area (Å²) in [4.78, 5) is 19.1. The second-order valence-electron chi connectivity index (χ2n) is 6.41. The molecular formula is C22H17N3O3S2. The highest BCUT2D eigenvalue weighted by molar-refractivity contribution is 8.19. The van der Waals surface area contributed by atoms with E-state index >= 15 is 0 Å². The van der Waals surface area contributed by atoms with Crippen molar-refractivity contribution < 1.29 is 13.2 Å². The van der Waals surface area contributed by atoms with Gasteiger partial charge in [-0.3, -0.25) is 9.69 Å². The molecule has 0 radical (unpaired) electrons. The molecule has 0 saturated carbocycles. The van der Waals surface area contributed by atoms with Gasteiger partial charge in [-0.05, 0) is 42.1 Å². The molecule has 1 aliphatic rings. The van der Waals surface area contributed by atoms with E-state index in [9.17, 15) is 13.2 Å². The van der Waals surface area contributed by atoms with Gasteiger partial charge >= 0.3 is 0 Å². The molecule has 0 spiro atoms. The molecule has 150 valence electrons. The van der Waals surface area contributed by atoms with Gasteiger partial charge in [-0.2, -0.15) is 8.42 Å². The predicted octanol–water partition coefficient (Wildman–Crippen LogP) is 4.08. The van der Waals surface area contributed by atoms with Crippen molar-refractivity contribution in [2.75, 3.05) is 6.54 Å². The van der Waals surface area contributed by atoms with Gasteiger partial charge in [0, 0.05) is 11.9 Å². The number of carbonyl (C=O) groups is 1. The lowest BCUT2D eigenvalue weighted by Gasteiger charge is -2.12. The molecule has 0 atom stereocenters. The number of fused-ring (bicyclic) bond motifs is 1. The fourth-order valence-corrected chi connectivity index (χ4v) is 5.11. The molecule has 8 heteroatoms. The summed E-state index contributed by atoms with van der Waals surface area (Å²) in [5.74, 6) is -0.336. The fourth-order valence-electron chi connectivity index (χ4n) is 2.91. The molecule has 2 heterocycles. The van der Waals surface area contributed by atoms with Crippen LogP contribution in [0.1, 0.15) is 5.69 Å². The highest BCUT2D eigenvalue weighted by atomic mass is 32.2. The summed E-state index contributed by atoms with van der Waals surface area (Å²) < 4.78 is 29.2. The highest BCUT2D eigenvalue weighted by Crippen LogP contribution is 2.33. The average molecular weight is 436 g/mol. The van der Waals surface area contributed by atoms with Crippen LogP contribution in [0.3, 0.4) is 0 Å². The summed E-state index contributed by atoms with van der Waals surface area (Å²) in [7, 11) is -3.95. The smallest absolute Gasteiger partial charge is 0.282 e. The number of thioether (sulfide) groups is 1. The maximum absolute atomic E-state index is 12.9. The Morgan fingerprint density at radius 3 is 2.53 bits per heavy atom. The Bertz CT molecular complexity index is 1300. The zero-order valence-corrected chi connectivity index (χ0v) is 17.4. The summed E-state index contributed by atoms with van der Waals surface area (Å²) in [5.41, 5.74) is 1.42. The molecule has 6 nitrogen and oxygen atoms in total. The Kier molecular flexibility index (Phi) is 5.52. The maximum Gasteiger partial charge on any atom is 0.284 e. The number of hydrogen-bond donors (Lipinski definition) is 0. The molecule has 1 fully saturated rings. The van der Waals surface area contributed by atoms with Crippen LogP contribution in [0.15, 0.2) is 93.6 Å². The van der Waals surface area contributed by atoms with Gasteiger partial charge in [0.25, 0.3) is 15.9 Å². The topological polar surface area (TPSA) is 79.7 Å². The minimum atomic E-state index is -3.95. The first-order chi connectivity index (χ1) is 14.5. The molecule has 2 aromatic carbocycles. The Balaban J connectivity index is 1.72. The maximum atomic E-state index is 12.9. The van der Waals surface area contributed by atoms with Crippen LogP contribution in [0.25, 0.3) is 17.0 Å². The van der Waals surface area contributed by atoms with Crippen molar-refractivity contribution in [1.29, 1.82) is 0 Å². The van der Waals surface area contributed by atoms with E-state index in [2.05, 4.69) is 16.0 Å². The standard InChI is InChI=1S/C22H17N3O3S2/c1-2-14-25-21(26)20(15-17-13-12-16-8-6-7-11-19(16)23-17)29-22(25)24-30(27,28)18-9-4-3-5-10-18/h2-13,15H,1,14H2/b20-15-,24-22+. The summed E-state index contributed by atoms with van der Waals surface area (Å²) in [6.07, 6.45) is 3.17. The molecule has 30 heavy (non-hydrogen) atoms. The number of nitrogens with zero attached hydrogens (tertiary/aromatic N) is 3. The van der Waals surface area contributed by atoms with E-state index in [1.807, 2.05) is 36.4 Å². The lowest BCUT2D eigenvalue weighted by atomic mass is 10.2. The number of rotatable bonds is 5. The van der Waals surface area contributed by atoms with Crippen molar-refractivity contribution in [2.24, 2.45) is 4.40 Å². The number of carbonyl (C=O) groups excluding carboxylic acids is 1. The van der Waals surface area contributed by atoms with Crippen molar-refractivity contribution in [2.45, 2.75) is 4.90 Å². The molecule has 1 aromatic heterocycles. The number of pyridine rings is 1. The minimum Gasteiger partial charge on any atom is -0.282 e. The SMILES string of the molecule is C=CCN1C(=O)/C(=C/c2ccc3ccccc3n2)S/C1=N/S(=O)(=O)c1ccccc1. The van der Waals surface area contributed by atoms with E-state index in [0.29, 0.717) is 10.6 Å². The van der Waals surface area contributed by atoms with Crippen LogP contribution >= 0.6 is 11.8 Å². The van der Waals surface area contributed by atoms with Crippen molar-refractivity contribution in [1.82, 2.24) is 9.88 Å². The van der Waals surface area contributed by atoms with E-state index in [4.69, 9.17) is 0 Å². The van der Waals surface area contributed by atoms with Crippen LogP contribution in [0.2, 0.25) is 0 Å². The normalized spacial score (nSPS) is 17.2. The Morgan fingerprint density at radius 2 is 1.77 bits per heavy atom. The van der Waals surface area contributed by atoms with E-state index < -0.39 is 10.0 Å². The third kappa shape index (κ3) is 4.05. The zero-order valence-electron chi connectivity index (χ0n) is 15.8. The van der Waals surface area contributed by atoms with Crippen molar-refractivity contribution in [3.8, 4) is 0 Å².